The van der Waals surface area contributed by atoms with E-state index in [0.29, 0.717) is 6.61 Å². The summed E-state index contributed by atoms with van der Waals surface area (Å²) in [4.78, 5) is 22.7. The summed E-state index contributed by atoms with van der Waals surface area (Å²) in [5, 5.41) is 19.3. The number of aliphatic carboxylic acids is 1. The molecule has 2 rings (SSSR count). The number of carboxylic acid groups (broad SMARTS) is 1. The highest BCUT2D eigenvalue weighted by Gasteiger charge is 2.18. The second-order valence-electron chi connectivity index (χ2n) is 5.60. The smallest absolute Gasteiger partial charge is 0.383 e. The lowest BCUT2D eigenvalue weighted by Crippen LogP contribution is -2.09. The van der Waals surface area contributed by atoms with Gasteiger partial charge in [0.25, 0.3) is 0 Å². The van der Waals surface area contributed by atoms with E-state index in [0.717, 1.165) is 25.7 Å². The van der Waals surface area contributed by atoms with Crippen LogP contribution in [0.2, 0.25) is 0 Å². The van der Waals surface area contributed by atoms with Gasteiger partial charge in [0.2, 0.25) is 5.75 Å². The van der Waals surface area contributed by atoms with Crippen LogP contribution in [0.3, 0.4) is 0 Å². The Bertz CT molecular complexity index is 779. The number of hydrogen-bond acceptors (Lipinski definition) is 6. The van der Waals surface area contributed by atoms with Crippen LogP contribution in [0.5, 0.6) is 17.2 Å². The number of hydrogen-bond donors (Lipinski definition) is 2. The zero-order valence-corrected chi connectivity index (χ0v) is 14.1. The van der Waals surface area contributed by atoms with E-state index in [1.165, 1.54) is 6.07 Å². The van der Waals surface area contributed by atoms with E-state index >= 15 is 0 Å². The van der Waals surface area contributed by atoms with Gasteiger partial charge in [-0.2, -0.15) is 0 Å². The van der Waals surface area contributed by atoms with Gasteiger partial charge in [-0.15, -0.1) is 0 Å². The second kappa shape index (κ2) is 8.96. The standard InChI is InChI=1S/C18H22O7/c1-2-3-4-5-10-24-17-15(21)12-7-6-8-13(16(12)25-18(17)22)23-11-9-14(19)20/h6-8,21H,2-5,9-11H2,1H3,(H,19,20). The zero-order valence-electron chi connectivity index (χ0n) is 14.1. The number of rotatable bonds is 10. The minimum Gasteiger partial charge on any atom is -0.504 e. The summed E-state index contributed by atoms with van der Waals surface area (Å²) in [5.74, 6) is -1.32. The Kier molecular flexibility index (Phi) is 6.68. The van der Waals surface area contributed by atoms with Crippen LogP contribution in [0, 0.1) is 0 Å². The number of carbonyl (C=O) groups is 1. The van der Waals surface area contributed by atoms with Crippen LogP contribution in [0.1, 0.15) is 39.0 Å². The van der Waals surface area contributed by atoms with Crippen molar-refractivity contribution in [3.05, 3.63) is 28.6 Å². The predicted octanol–water partition coefficient (Wildman–Crippen LogP) is 3.31. The van der Waals surface area contributed by atoms with Gasteiger partial charge in [0.1, 0.15) is 0 Å². The minimum atomic E-state index is -0.997. The van der Waals surface area contributed by atoms with Crippen LogP contribution in [0.25, 0.3) is 11.0 Å². The lowest BCUT2D eigenvalue weighted by Gasteiger charge is -2.11. The van der Waals surface area contributed by atoms with Crippen molar-refractivity contribution in [1.82, 2.24) is 0 Å². The number of aromatic hydroxyl groups is 1. The van der Waals surface area contributed by atoms with Crippen molar-refractivity contribution in [2.24, 2.45) is 0 Å². The average molecular weight is 350 g/mol. The summed E-state index contributed by atoms with van der Waals surface area (Å²) >= 11 is 0. The van der Waals surface area contributed by atoms with Gasteiger partial charge in [-0.3, -0.25) is 4.79 Å². The maximum atomic E-state index is 12.1. The van der Waals surface area contributed by atoms with E-state index in [4.69, 9.17) is 19.0 Å². The molecule has 0 amide bonds. The number of benzene rings is 1. The van der Waals surface area contributed by atoms with Crippen LogP contribution in [-0.4, -0.2) is 29.4 Å². The molecular formula is C18H22O7. The van der Waals surface area contributed by atoms with Crippen LogP contribution in [0.4, 0.5) is 0 Å². The Balaban J connectivity index is 2.21. The Morgan fingerprint density at radius 1 is 1.16 bits per heavy atom. The van der Waals surface area contributed by atoms with Crippen molar-refractivity contribution in [1.29, 1.82) is 0 Å². The van der Waals surface area contributed by atoms with E-state index in [2.05, 4.69) is 6.92 Å². The molecule has 0 fully saturated rings. The SMILES string of the molecule is CCCCCCOc1c(O)c2cccc(OCCC(=O)O)c2oc1=O. The number of ether oxygens (including phenoxy) is 2. The van der Waals surface area contributed by atoms with E-state index in [1.807, 2.05) is 0 Å². The number of unbranched alkanes of at least 4 members (excludes halogenated alkanes) is 3. The van der Waals surface area contributed by atoms with Crippen LogP contribution >= 0.6 is 0 Å². The van der Waals surface area contributed by atoms with E-state index in [-0.39, 0.29) is 41.2 Å². The minimum absolute atomic E-state index is 0.0636. The van der Waals surface area contributed by atoms with Gasteiger partial charge >= 0.3 is 11.6 Å². The first-order chi connectivity index (χ1) is 12.0. The van der Waals surface area contributed by atoms with Gasteiger partial charge in [-0.05, 0) is 18.6 Å². The molecule has 0 saturated carbocycles. The normalized spacial score (nSPS) is 10.8. The van der Waals surface area contributed by atoms with Gasteiger partial charge in [0, 0.05) is 0 Å². The number of carboxylic acids is 1. The van der Waals surface area contributed by atoms with E-state index in [1.54, 1.807) is 12.1 Å². The highest BCUT2D eigenvalue weighted by atomic mass is 16.5. The van der Waals surface area contributed by atoms with Gasteiger partial charge < -0.3 is 24.1 Å². The lowest BCUT2D eigenvalue weighted by atomic mass is 10.2. The fourth-order valence-corrected chi connectivity index (χ4v) is 2.36. The Labute approximate surface area is 144 Å². The molecule has 2 N–H and O–H groups in total. The monoisotopic (exact) mass is 350 g/mol. The van der Waals surface area contributed by atoms with Crippen LogP contribution in [-0.2, 0) is 4.79 Å². The van der Waals surface area contributed by atoms with E-state index in [9.17, 15) is 14.7 Å². The highest BCUT2D eigenvalue weighted by Crippen LogP contribution is 2.35. The largest absolute Gasteiger partial charge is 0.504 e. The van der Waals surface area contributed by atoms with Gasteiger partial charge in [-0.1, -0.05) is 32.3 Å². The maximum absolute atomic E-state index is 12.1. The van der Waals surface area contributed by atoms with Gasteiger partial charge in [0.05, 0.1) is 25.0 Å². The third-order valence-corrected chi connectivity index (χ3v) is 3.65. The topological polar surface area (TPSA) is 106 Å². The number of para-hydroxylation sites is 1. The third-order valence-electron chi connectivity index (χ3n) is 3.65. The predicted molar refractivity (Wildman–Crippen MR) is 91.5 cm³/mol. The summed E-state index contributed by atoms with van der Waals surface area (Å²) in [6, 6.07) is 4.72. The van der Waals surface area contributed by atoms with Crippen molar-refractivity contribution >= 4 is 16.9 Å². The molecule has 0 atom stereocenters. The van der Waals surface area contributed by atoms with Crippen LogP contribution in [0.15, 0.2) is 27.4 Å². The highest BCUT2D eigenvalue weighted by molar-refractivity contribution is 5.89. The quantitative estimate of drug-likeness (QED) is 0.500. The molecule has 1 heterocycles. The summed E-state index contributed by atoms with van der Waals surface area (Å²) in [5.41, 5.74) is -0.733. The Morgan fingerprint density at radius 2 is 1.96 bits per heavy atom. The molecule has 2 aromatic rings. The summed E-state index contributed by atoms with van der Waals surface area (Å²) in [7, 11) is 0. The second-order valence-corrected chi connectivity index (χ2v) is 5.60. The molecular weight excluding hydrogens is 328 g/mol. The summed E-state index contributed by atoms with van der Waals surface area (Å²) in [6.07, 6.45) is 3.75. The molecule has 0 aliphatic heterocycles. The molecule has 7 nitrogen and oxygen atoms in total. The van der Waals surface area contributed by atoms with Crippen molar-refractivity contribution in [2.75, 3.05) is 13.2 Å². The molecule has 1 aromatic carbocycles. The molecule has 136 valence electrons. The van der Waals surface area contributed by atoms with Gasteiger partial charge in [-0.25, -0.2) is 4.79 Å². The fourth-order valence-electron chi connectivity index (χ4n) is 2.36. The lowest BCUT2D eigenvalue weighted by molar-refractivity contribution is -0.137. The molecule has 25 heavy (non-hydrogen) atoms. The average Bonchev–Trinajstić information content (AvgIpc) is 2.57. The zero-order chi connectivity index (χ0) is 18.2. The molecule has 0 radical (unpaired) electrons. The Morgan fingerprint density at radius 3 is 2.68 bits per heavy atom. The third kappa shape index (κ3) is 4.89. The molecule has 7 heteroatoms. The maximum Gasteiger partial charge on any atom is 0.383 e. The summed E-state index contributed by atoms with van der Waals surface area (Å²) < 4.78 is 16.0. The van der Waals surface area contributed by atoms with E-state index < -0.39 is 11.6 Å². The first-order valence-electron chi connectivity index (χ1n) is 8.30. The van der Waals surface area contributed by atoms with Crippen molar-refractivity contribution in [3.63, 3.8) is 0 Å². The fraction of sp³-hybridized carbons (Fsp3) is 0.444. The summed E-state index contributed by atoms with van der Waals surface area (Å²) in [6.45, 7) is 2.34. The first kappa shape index (κ1) is 18.6. The first-order valence-corrected chi connectivity index (χ1v) is 8.30. The molecule has 0 aliphatic rings. The van der Waals surface area contributed by atoms with Crippen molar-refractivity contribution < 1.29 is 28.9 Å². The van der Waals surface area contributed by atoms with Crippen molar-refractivity contribution in [3.8, 4) is 17.2 Å². The number of fused-ring (bicyclic) bond motifs is 1. The molecule has 0 unspecified atom stereocenters. The molecule has 0 saturated heterocycles. The Hall–Kier alpha value is -2.70. The van der Waals surface area contributed by atoms with Crippen molar-refractivity contribution in [2.45, 2.75) is 39.0 Å². The molecule has 0 aliphatic carbocycles. The van der Waals surface area contributed by atoms with Crippen LogP contribution < -0.4 is 15.1 Å². The van der Waals surface area contributed by atoms with Gasteiger partial charge in [0.15, 0.2) is 17.1 Å². The molecule has 0 spiro atoms. The molecule has 1 aromatic heterocycles. The molecule has 0 bridgehead atoms.